The van der Waals surface area contributed by atoms with E-state index in [1.165, 1.54) is 0 Å². The standard InChI is InChI=1S/C9H20N2O2/c1-4-6(2)8(10)9(13)11-7(3)5-12/h6-8,12H,4-5,10H2,1-3H3,(H,11,13)/t6?,7-,8-/m0/s1. The highest BCUT2D eigenvalue weighted by Crippen LogP contribution is 2.05. The Morgan fingerprint density at radius 1 is 1.54 bits per heavy atom. The summed E-state index contributed by atoms with van der Waals surface area (Å²) in [4.78, 5) is 11.4. The summed E-state index contributed by atoms with van der Waals surface area (Å²) in [6.45, 7) is 5.61. The largest absolute Gasteiger partial charge is 0.394 e. The van der Waals surface area contributed by atoms with Gasteiger partial charge in [0, 0.05) is 6.04 Å². The minimum atomic E-state index is -0.473. The zero-order chi connectivity index (χ0) is 10.4. The molecule has 78 valence electrons. The Labute approximate surface area is 79.5 Å². The lowest BCUT2D eigenvalue weighted by Gasteiger charge is -2.19. The van der Waals surface area contributed by atoms with Crippen molar-refractivity contribution in [2.24, 2.45) is 11.7 Å². The van der Waals surface area contributed by atoms with E-state index < -0.39 is 6.04 Å². The zero-order valence-electron chi connectivity index (χ0n) is 8.58. The Kier molecular flexibility index (Phi) is 5.66. The molecule has 0 heterocycles. The van der Waals surface area contributed by atoms with Crippen molar-refractivity contribution in [3.63, 3.8) is 0 Å². The molecule has 4 nitrogen and oxygen atoms in total. The first-order valence-electron chi connectivity index (χ1n) is 4.69. The van der Waals surface area contributed by atoms with Gasteiger partial charge in [0.15, 0.2) is 0 Å². The van der Waals surface area contributed by atoms with Crippen LogP contribution in [0.25, 0.3) is 0 Å². The van der Waals surface area contributed by atoms with Crippen molar-refractivity contribution in [3.8, 4) is 0 Å². The Hall–Kier alpha value is -0.610. The van der Waals surface area contributed by atoms with E-state index in [0.29, 0.717) is 0 Å². The smallest absolute Gasteiger partial charge is 0.237 e. The predicted octanol–water partition coefficient (Wildman–Crippen LogP) is -0.143. The van der Waals surface area contributed by atoms with E-state index in [1.807, 2.05) is 13.8 Å². The SMILES string of the molecule is CCC(C)[C@H](N)C(=O)N[C@@H](C)CO. The summed E-state index contributed by atoms with van der Waals surface area (Å²) in [5.41, 5.74) is 5.68. The van der Waals surface area contributed by atoms with E-state index in [-0.39, 0.29) is 24.5 Å². The summed E-state index contributed by atoms with van der Waals surface area (Å²) in [6.07, 6.45) is 0.877. The van der Waals surface area contributed by atoms with Crippen LogP contribution in [-0.2, 0) is 4.79 Å². The summed E-state index contributed by atoms with van der Waals surface area (Å²) in [5, 5.41) is 11.3. The van der Waals surface area contributed by atoms with Crippen molar-refractivity contribution in [2.45, 2.75) is 39.3 Å². The molecular formula is C9H20N2O2. The first-order valence-corrected chi connectivity index (χ1v) is 4.69. The number of aliphatic hydroxyl groups is 1. The van der Waals surface area contributed by atoms with Crippen LogP contribution in [0.1, 0.15) is 27.2 Å². The molecule has 13 heavy (non-hydrogen) atoms. The molecule has 0 aromatic carbocycles. The first kappa shape index (κ1) is 12.4. The number of hydrogen-bond acceptors (Lipinski definition) is 3. The van der Waals surface area contributed by atoms with Gasteiger partial charge in [0.25, 0.3) is 0 Å². The number of carbonyl (C=O) groups is 1. The van der Waals surface area contributed by atoms with Crippen LogP contribution < -0.4 is 11.1 Å². The number of amides is 1. The lowest BCUT2D eigenvalue weighted by molar-refractivity contribution is -0.124. The van der Waals surface area contributed by atoms with Crippen molar-refractivity contribution in [3.05, 3.63) is 0 Å². The molecule has 4 N–H and O–H groups in total. The minimum absolute atomic E-state index is 0.0566. The molecule has 1 amide bonds. The summed E-state index contributed by atoms with van der Waals surface area (Å²) < 4.78 is 0. The highest BCUT2D eigenvalue weighted by Gasteiger charge is 2.20. The van der Waals surface area contributed by atoms with Gasteiger partial charge in [0.1, 0.15) is 0 Å². The fourth-order valence-electron chi connectivity index (χ4n) is 0.897. The number of hydrogen-bond donors (Lipinski definition) is 3. The first-order chi connectivity index (χ1) is 6.02. The molecule has 0 fully saturated rings. The van der Waals surface area contributed by atoms with Gasteiger partial charge >= 0.3 is 0 Å². The maximum Gasteiger partial charge on any atom is 0.237 e. The van der Waals surface area contributed by atoms with E-state index in [4.69, 9.17) is 10.8 Å². The lowest BCUT2D eigenvalue weighted by Crippen LogP contribution is -2.48. The van der Waals surface area contributed by atoms with E-state index in [2.05, 4.69) is 5.32 Å². The molecule has 0 aliphatic heterocycles. The van der Waals surface area contributed by atoms with Crippen LogP contribution in [0, 0.1) is 5.92 Å². The number of aliphatic hydroxyl groups excluding tert-OH is 1. The number of carbonyl (C=O) groups excluding carboxylic acids is 1. The second-order valence-corrected chi connectivity index (χ2v) is 3.50. The lowest BCUT2D eigenvalue weighted by atomic mass is 9.99. The van der Waals surface area contributed by atoms with E-state index >= 15 is 0 Å². The molecule has 0 aliphatic carbocycles. The van der Waals surface area contributed by atoms with Gasteiger partial charge in [-0.05, 0) is 12.8 Å². The number of rotatable bonds is 5. The maximum atomic E-state index is 11.4. The van der Waals surface area contributed by atoms with Gasteiger partial charge in [-0.15, -0.1) is 0 Å². The van der Waals surface area contributed by atoms with Gasteiger partial charge in [-0.1, -0.05) is 20.3 Å². The average Bonchev–Trinajstić information content (AvgIpc) is 2.14. The molecule has 0 saturated carbocycles. The van der Waals surface area contributed by atoms with Crippen molar-refractivity contribution in [1.29, 1.82) is 0 Å². The monoisotopic (exact) mass is 188 g/mol. The maximum absolute atomic E-state index is 11.4. The molecular weight excluding hydrogens is 168 g/mol. The average molecular weight is 188 g/mol. The number of nitrogens with two attached hydrogens (primary N) is 1. The van der Waals surface area contributed by atoms with Crippen LogP contribution in [0.15, 0.2) is 0 Å². The quantitative estimate of drug-likeness (QED) is 0.562. The van der Waals surface area contributed by atoms with E-state index in [0.717, 1.165) is 6.42 Å². The summed E-state index contributed by atoms with van der Waals surface area (Å²) in [5.74, 6) is -0.0122. The second-order valence-electron chi connectivity index (χ2n) is 3.50. The van der Waals surface area contributed by atoms with Crippen LogP contribution in [0.3, 0.4) is 0 Å². The van der Waals surface area contributed by atoms with Gasteiger partial charge in [0.05, 0.1) is 12.6 Å². The molecule has 4 heteroatoms. The molecule has 0 radical (unpaired) electrons. The summed E-state index contributed by atoms with van der Waals surface area (Å²) in [7, 11) is 0. The van der Waals surface area contributed by atoms with E-state index in [9.17, 15) is 4.79 Å². The van der Waals surface area contributed by atoms with Gasteiger partial charge in [-0.25, -0.2) is 0 Å². The molecule has 0 aliphatic rings. The molecule has 0 spiro atoms. The highest BCUT2D eigenvalue weighted by molar-refractivity contribution is 5.82. The molecule has 0 aromatic heterocycles. The Morgan fingerprint density at radius 3 is 2.46 bits per heavy atom. The summed E-state index contributed by atoms with van der Waals surface area (Å²) >= 11 is 0. The van der Waals surface area contributed by atoms with Crippen molar-refractivity contribution in [2.75, 3.05) is 6.61 Å². The molecule has 0 bridgehead atoms. The zero-order valence-corrected chi connectivity index (χ0v) is 8.58. The topological polar surface area (TPSA) is 75.4 Å². The van der Waals surface area contributed by atoms with Crippen LogP contribution in [0.4, 0.5) is 0 Å². The third kappa shape index (κ3) is 4.24. The molecule has 3 atom stereocenters. The fraction of sp³-hybridized carbons (Fsp3) is 0.889. The third-order valence-corrected chi connectivity index (χ3v) is 2.22. The predicted molar refractivity (Wildman–Crippen MR) is 52.1 cm³/mol. The summed E-state index contributed by atoms with van der Waals surface area (Å²) in [6, 6.07) is -0.693. The minimum Gasteiger partial charge on any atom is -0.394 e. The van der Waals surface area contributed by atoms with Gasteiger partial charge in [0.2, 0.25) is 5.91 Å². The van der Waals surface area contributed by atoms with Gasteiger partial charge in [-0.2, -0.15) is 0 Å². The van der Waals surface area contributed by atoms with Gasteiger partial charge < -0.3 is 16.2 Å². The second kappa shape index (κ2) is 5.94. The van der Waals surface area contributed by atoms with Crippen LogP contribution in [0.5, 0.6) is 0 Å². The molecule has 1 unspecified atom stereocenters. The molecule has 0 rings (SSSR count). The molecule has 0 aromatic rings. The normalized spacial score (nSPS) is 17.6. The van der Waals surface area contributed by atoms with Gasteiger partial charge in [-0.3, -0.25) is 4.79 Å². The Morgan fingerprint density at radius 2 is 2.08 bits per heavy atom. The Bertz CT molecular complexity index is 162. The van der Waals surface area contributed by atoms with Crippen LogP contribution >= 0.6 is 0 Å². The Balaban J connectivity index is 3.96. The van der Waals surface area contributed by atoms with Crippen LogP contribution in [-0.4, -0.2) is 29.7 Å². The van der Waals surface area contributed by atoms with Crippen molar-refractivity contribution < 1.29 is 9.90 Å². The van der Waals surface area contributed by atoms with Crippen LogP contribution in [0.2, 0.25) is 0 Å². The number of nitrogens with one attached hydrogen (secondary N) is 1. The third-order valence-electron chi connectivity index (χ3n) is 2.22. The van der Waals surface area contributed by atoms with Crippen molar-refractivity contribution >= 4 is 5.91 Å². The molecule has 0 saturated heterocycles. The fourth-order valence-corrected chi connectivity index (χ4v) is 0.897. The van der Waals surface area contributed by atoms with Crippen molar-refractivity contribution in [1.82, 2.24) is 5.32 Å². The van der Waals surface area contributed by atoms with E-state index in [1.54, 1.807) is 6.92 Å². The highest BCUT2D eigenvalue weighted by atomic mass is 16.3.